The van der Waals surface area contributed by atoms with Crippen molar-refractivity contribution >= 4 is 21.6 Å². The van der Waals surface area contributed by atoms with Crippen molar-refractivity contribution in [3.63, 3.8) is 0 Å². The van der Waals surface area contributed by atoms with Crippen molar-refractivity contribution in [2.24, 2.45) is 0 Å². The van der Waals surface area contributed by atoms with Gasteiger partial charge in [-0.15, -0.1) is 0 Å². The summed E-state index contributed by atoms with van der Waals surface area (Å²) in [5.41, 5.74) is 1.20. The molecule has 2 rings (SSSR count). The van der Waals surface area contributed by atoms with E-state index in [0.29, 0.717) is 28.3 Å². The summed E-state index contributed by atoms with van der Waals surface area (Å²) in [4.78, 5) is 13.6. The molecule has 2 aromatic rings. The molecule has 0 bridgehead atoms. The first-order valence-electron chi connectivity index (χ1n) is 7.76. The maximum Gasteiger partial charge on any atom is 0.262 e. The Morgan fingerprint density at radius 2 is 1.65 bits per heavy atom. The molecule has 0 atom stereocenters. The lowest BCUT2D eigenvalue weighted by atomic mass is 10.2. The molecule has 140 valence electrons. The van der Waals surface area contributed by atoms with Gasteiger partial charge in [-0.25, -0.2) is 8.42 Å². The highest BCUT2D eigenvalue weighted by atomic mass is 32.2. The van der Waals surface area contributed by atoms with Gasteiger partial charge in [0, 0.05) is 31.4 Å². The molecule has 0 aromatic heterocycles. The van der Waals surface area contributed by atoms with E-state index in [1.54, 1.807) is 45.3 Å². The number of carbonyl (C=O) groups is 1. The quantitative estimate of drug-likeness (QED) is 0.835. The number of ether oxygens (including phenoxy) is 2. The van der Waals surface area contributed by atoms with Crippen molar-refractivity contribution in [3.05, 3.63) is 47.5 Å². The Bertz CT molecular complexity index is 923. The Kier molecular flexibility index (Phi) is 5.76. The summed E-state index contributed by atoms with van der Waals surface area (Å²) in [5.74, 6) is 0.547. The summed E-state index contributed by atoms with van der Waals surface area (Å²) >= 11 is 0. The maximum atomic E-state index is 12.8. The highest BCUT2D eigenvalue weighted by Gasteiger charge is 2.21. The molecule has 7 nitrogen and oxygen atoms in total. The number of hydrogen-bond acceptors (Lipinski definition) is 5. The average molecular weight is 378 g/mol. The molecule has 0 saturated heterocycles. The second-order valence-electron chi connectivity index (χ2n) is 5.86. The maximum absolute atomic E-state index is 12.8. The molecule has 0 aliphatic heterocycles. The number of sulfonamides is 1. The third-order valence-corrected chi connectivity index (χ3v) is 5.26. The van der Waals surface area contributed by atoms with Crippen LogP contribution in [-0.4, -0.2) is 47.5 Å². The Morgan fingerprint density at radius 3 is 2.23 bits per heavy atom. The lowest BCUT2D eigenvalue weighted by Gasteiger charge is -2.15. The summed E-state index contributed by atoms with van der Waals surface area (Å²) in [6, 6.07) is 9.33. The van der Waals surface area contributed by atoms with Crippen molar-refractivity contribution in [3.8, 4) is 11.5 Å². The minimum atomic E-state index is -3.87. The molecule has 8 heteroatoms. The molecule has 1 amide bonds. The topological polar surface area (TPSA) is 84.9 Å². The zero-order valence-corrected chi connectivity index (χ0v) is 16.2. The van der Waals surface area contributed by atoms with Gasteiger partial charge in [-0.1, -0.05) is 6.07 Å². The molecule has 0 fully saturated rings. The van der Waals surface area contributed by atoms with Crippen molar-refractivity contribution in [2.75, 3.05) is 33.0 Å². The summed E-state index contributed by atoms with van der Waals surface area (Å²) < 4.78 is 38.5. The lowest BCUT2D eigenvalue weighted by molar-refractivity contribution is 0.0827. The van der Waals surface area contributed by atoms with Crippen LogP contribution in [0.4, 0.5) is 5.69 Å². The van der Waals surface area contributed by atoms with E-state index >= 15 is 0 Å². The second-order valence-corrected chi connectivity index (χ2v) is 7.51. The standard InChI is InChI=1S/C18H22N2O5S/c1-12-9-15(24-4)16(25-5)11-17(12)26(22,23)19-14-8-6-7-13(10-14)18(21)20(2)3/h6-11,19H,1-5H3. The van der Waals surface area contributed by atoms with Gasteiger partial charge >= 0.3 is 0 Å². The van der Waals surface area contributed by atoms with E-state index in [-0.39, 0.29) is 10.8 Å². The normalized spacial score (nSPS) is 11.0. The zero-order valence-electron chi connectivity index (χ0n) is 15.4. The SMILES string of the molecule is COc1cc(C)c(S(=O)(=O)Nc2cccc(C(=O)N(C)C)c2)cc1OC. The molecule has 0 aliphatic carbocycles. The van der Waals surface area contributed by atoms with Gasteiger partial charge in [-0.2, -0.15) is 0 Å². The first kappa shape index (κ1) is 19.6. The van der Waals surface area contributed by atoms with E-state index in [9.17, 15) is 13.2 Å². The number of rotatable bonds is 6. The second kappa shape index (κ2) is 7.65. The molecule has 0 saturated carbocycles. The van der Waals surface area contributed by atoms with Gasteiger partial charge < -0.3 is 14.4 Å². The molecule has 1 N–H and O–H groups in total. The number of hydrogen-bond donors (Lipinski definition) is 1. The zero-order chi connectivity index (χ0) is 19.5. The molecule has 0 unspecified atom stereocenters. The van der Waals surface area contributed by atoms with Gasteiger partial charge in [0.1, 0.15) is 0 Å². The van der Waals surface area contributed by atoms with E-state index in [1.165, 1.54) is 31.3 Å². The number of nitrogens with zero attached hydrogens (tertiary/aromatic N) is 1. The minimum absolute atomic E-state index is 0.0690. The number of nitrogens with one attached hydrogen (secondary N) is 1. The van der Waals surface area contributed by atoms with Gasteiger partial charge in [0.2, 0.25) is 0 Å². The number of benzene rings is 2. The predicted molar refractivity (Wildman–Crippen MR) is 99.6 cm³/mol. The third kappa shape index (κ3) is 4.08. The van der Waals surface area contributed by atoms with E-state index in [1.807, 2.05) is 0 Å². The fraction of sp³-hybridized carbons (Fsp3) is 0.278. The van der Waals surface area contributed by atoms with Crippen LogP contribution < -0.4 is 14.2 Å². The lowest BCUT2D eigenvalue weighted by Crippen LogP contribution is -2.22. The van der Waals surface area contributed by atoms with Crippen molar-refractivity contribution < 1.29 is 22.7 Å². The number of aryl methyl sites for hydroxylation is 1. The monoisotopic (exact) mass is 378 g/mol. The predicted octanol–water partition coefficient (Wildman–Crippen LogP) is 2.51. The Labute approximate surface area is 153 Å². The first-order chi connectivity index (χ1) is 12.2. The van der Waals surface area contributed by atoms with Gasteiger partial charge in [-0.05, 0) is 36.8 Å². The largest absolute Gasteiger partial charge is 0.493 e. The fourth-order valence-electron chi connectivity index (χ4n) is 2.44. The van der Waals surface area contributed by atoms with Crippen molar-refractivity contribution in [1.82, 2.24) is 4.90 Å². The van der Waals surface area contributed by atoms with Crippen molar-refractivity contribution in [1.29, 1.82) is 0 Å². The molecule has 0 radical (unpaired) electrons. The molecule has 26 heavy (non-hydrogen) atoms. The van der Waals surface area contributed by atoms with E-state index in [2.05, 4.69) is 4.72 Å². The Balaban J connectivity index is 2.41. The van der Waals surface area contributed by atoms with Crippen LogP contribution >= 0.6 is 0 Å². The van der Waals surface area contributed by atoms with E-state index < -0.39 is 10.0 Å². The van der Waals surface area contributed by atoms with E-state index in [4.69, 9.17) is 9.47 Å². The van der Waals surface area contributed by atoms with Crippen LogP contribution in [0, 0.1) is 6.92 Å². The first-order valence-corrected chi connectivity index (χ1v) is 9.25. The molecule has 0 aliphatic rings. The van der Waals surface area contributed by atoms with Crippen LogP contribution in [0.15, 0.2) is 41.3 Å². The summed E-state index contributed by atoms with van der Waals surface area (Å²) in [5, 5.41) is 0. The molecule has 0 heterocycles. The van der Waals surface area contributed by atoms with Crippen LogP contribution in [0.3, 0.4) is 0 Å². The van der Waals surface area contributed by atoms with Crippen molar-refractivity contribution in [2.45, 2.75) is 11.8 Å². The minimum Gasteiger partial charge on any atom is -0.493 e. The molecule has 2 aromatic carbocycles. The van der Waals surface area contributed by atoms with Gasteiger partial charge in [0.25, 0.3) is 15.9 Å². The summed E-state index contributed by atoms with van der Waals surface area (Å²) in [6.45, 7) is 1.67. The van der Waals surface area contributed by atoms with Crippen LogP contribution in [0.25, 0.3) is 0 Å². The Morgan fingerprint density at radius 1 is 1.04 bits per heavy atom. The van der Waals surface area contributed by atoms with Gasteiger partial charge in [0.15, 0.2) is 11.5 Å². The fourth-order valence-corrected chi connectivity index (χ4v) is 3.73. The molecule has 0 spiro atoms. The van der Waals surface area contributed by atoms with Gasteiger partial charge in [0.05, 0.1) is 19.1 Å². The third-order valence-electron chi connectivity index (χ3n) is 3.74. The average Bonchev–Trinajstić information content (AvgIpc) is 2.60. The highest BCUT2D eigenvalue weighted by molar-refractivity contribution is 7.92. The molecular formula is C18H22N2O5S. The Hall–Kier alpha value is -2.74. The smallest absolute Gasteiger partial charge is 0.262 e. The highest BCUT2D eigenvalue weighted by Crippen LogP contribution is 2.33. The number of carbonyl (C=O) groups excluding carboxylic acids is 1. The summed E-state index contributed by atoms with van der Waals surface area (Å²) in [6.07, 6.45) is 0. The van der Waals surface area contributed by atoms with Crippen LogP contribution in [0.5, 0.6) is 11.5 Å². The van der Waals surface area contributed by atoms with Crippen LogP contribution in [-0.2, 0) is 10.0 Å². The number of methoxy groups -OCH3 is 2. The number of amides is 1. The number of anilines is 1. The van der Waals surface area contributed by atoms with Crippen LogP contribution in [0.2, 0.25) is 0 Å². The summed E-state index contributed by atoms with van der Waals surface area (Å²) in [7, 11) is 2.31. The van der Waals surface area contributed by atoms with Crippen LogP contribution in [0.1, 0.15) is 15.9 Å². The van der Waals surface area contributed by atoms with Gasteiger partial charge in [-0.3, -0.25) is 9.52 Å². The van der Waals surface area contributed by atoms with E-state index in [0.717, 1.165) is 0 Å². The molecular weight excluding hydrogens is 356 g/mol.